The number of nitrogens with zero attached hydrogens (tertiary/aromatic N) is 1. The molecule has 166 valence electrons. The largest absolute Gasteiger partial charge is 0.354 e. The maximum atomic E-state index is 12.7. The Bertz CT molecular complexity index is 1100. The monoisotopic (exact) mass is 437 g/mol. The van der Waals surface area contributed by atoms with Crippen LogP contribution in [0.3, 0.4) is 0 Å². The van der Waals surface area contributed by atoms with Crippen LogP contribution < -0.4 is 16.0 Å². The zero-order chi connectivity index (χ0) is 22.8. The second kappa shape index (κ2) is 8.66. The molecule has 10 nitrogen and oxygen atoms in total. The summed E-state index contributed by atoms with van der Waals surface area (Å²) >= 11 is 0. The van der Waals surface area contributed by atoms with Crippen LogP contribution in [0, 0.1) is 6.92 Å². The first kappa shape index (κ1) is 21.3. The van der Waals surface area contributed by atoms with Gasteiger partial charge in [0.05, 0.1) is 6.54 Å². The van der Waals surface area contributed by atoms with Crippen LogP contribution in [0.4, 0.5) is 16.2 Å². The molecule has 0 bridgehead atoms. The number of carbonyl (C=O) groups excluding carboxylic acids is 5. The number of rotatable bonds is 6. The fraction of sp³-hybridized carbons (Fsp3) is 0.318. The van der Waals surface area contributed by atoms with Crippen molar-refractivity contribution in [2.45, 2.75) is 32.6 Å². The smallest absolute Gasteiger partial charge is 0.324 e. The molecule has 0 spiro atoms. The molecule has 1 aliphatic carbocycles. The number of ketones is 1. The molecule has 5 amide bonds. The Morgan fingerprint density at radius 1 is 1.03 bits per heavy atom. The van der Waals surface area contributed by atoms with Crippen molar-refractivity contribution in [1.82, 2.24) is 15.2 Å². The number of aryl methyl sites for hydroxylation is 1. The Kier molecular flexibility index (Phi) is 5.76. The lowest BCUT2D eigenvalue weighted by molar-refractivity contribution is -0.125. The highest BCUT2D eigenvalue weighted by molar-refractivity contribution is 6.08. The Hall–Kier alpha value is -3.95. The van der Waals surface area contributed by atoms with Gasteiger partial charge in [-0.15, -0.1) is 0 Å². The van der Waals surface area contributed by atoms with Crippen molar-refractivity contribution in [3.63, 3.8) is 0 Å². The first-order valence-electron chi connectivity index (χ1n) is 10.4. The fourth-order valence-electron chi connectivity index (χ4n) is 3.95. The maximum Gasteiger partial charge on any atom is 0.324 e. The standard InChI is InChI=1S/C22H23N5O5/c1-12-19-15(3-2-4-16(19)28)26-20(12)21(31)25-14-7-5-13(6-8-14)24-17(29)9-10-27-18(30)11-23-22(27)32/h5-8,26H,2-4,9-11H2,1H3,(H,23,32)(H,24,29)(H,25,31). The van der Waals surface area contributed by atoms with E-state index < -0.39 is 6.03 Å². The number of hydrogen-bond donors (Lipinski definition) is 4. The molecule has 1 aromatic carbocycles. The van der Waals surface area contributed by atoms with Crippen LogP contribution in [0.15, 0.2) is 24.3 Å². The topological polar surface area (TPSA) is 140 Å². The number of fused-ring (bicyclic) bond motifs is 1. The highest BCUT2D eigenvalue weighted by atomic mass is 16.2. The summed E-state index contributed by atoms with van der Waals surface area (Å²) in [5.74, 6) is -0.971. The van der Waals surface area contributed by atoms with Crippen molar-refractivity contribution in [2.75, 3.05) is 23.7 Å². The van der Waals surface area contributed by atoms with Crippen molar-refractivity contribution in [2.24, 2.45) is 0 Å². The van der Waals surface area contributed by atoms with E-state index in [1.807, 2.05) is 0 Å². The van der Waals surface area contributed by atoms with Gasteiger partial charge in [-0.2, -0.15) is 0 Å². The molecule has 1 aromatic heterocycles. The molecule has 2 aliphatic rings. The van der Waals surface area contributed by atoms with Crippen LogP contribution in [-0.4, -0.2) is 52.5 Å². The summed E-state index contributed by atoms with van der Waals surface area (Å²) in [6, 6.07) is 6.07. The number of aromatic amines is 1. The van der Waals surface area contributed by atoms with Crippen LogP contribution in [0.25, 0.3) is 0 Å². The van der Waals surface area contributed by atoms with Crippen LogP contribution in [-0.2, 0) is 16.0 Å². The number of H-pyrrole nitrogens is 1. The summed E-state index contributed by atoms with van der Waals surface area (Å²) in [4.78, 5) is 64.1. The molecule has 0 saturated carbocycles. The summed E-state index contributed by atoms with van der Waals surface area (Å²) < 4.78 is 0. The first-order valence-corrected chi connectivity index (χ1v) is 10.4. The van der Waals surface area contributed by atoms with Crippen molar-refractivity contribution in [3.8, 4) is 0 Å². The van der Waals surface area contributed by atoms with Crippen molar-refractivity contribution >= 4 is 40.9 Å². The van der Waals surface area contributed by atoms with Crippen LogP contribution >= 0.6 is 0 Å². The number of anilines is 2. The van der Waals surface area contributed by atoms with Gasteiger partial charge in [0.1, 0.15) is 5.69 Å². The molecule has 1 saturated heterocycles. The molecule has 32 heavy (non-hydrogen) atoms. The van der Waals surface area contributed by atoms with E-state index in [0.29, 0.717) is 34.6 Å². The maximum absolute atomic E-state index is 12.7. The summed E-state index contributed by atoms with van der Waals surface area (Å²) in [5.41, 5.74) is 3.54. The SMILES string of the molecule is Cc1c(C(=O)Nc2ccc(NC(=O)CCN3C(=O)CNC3=O)cc2)[nH]c2c1C(=O)CCC2. The fourth-order valence-corrected chi connectivity index (χ4v) is 3.95. The number of urea groups is 1. The summed E-state index contributed by atoms with van der Waals surface area (Å²) in [5, 5.41) is 7.88. The number of hydrogen-bond acceptors (Lipinski definition) is 5. The summed E-state index contributed by atoms with van der Waals surface area (Å²) in [7, 11) is 0. The third kappa shape index (κ3) is 4.25. The van der Waals surface area contributed by atoms with Crippen molar-refractivity contribution in [3.05, 3.63) is 46.8 Å². The number of aromatic nitrogens is 1. The lowest BCUT2D eigenvalue weighted by atomic mass is 9.94. The molecule has 10 heteroatoms. The minimum Gasteiger partial charge on any atom is -0.354 e. The number of nitrogens with one attached hydrogen (secondary N) is 4. The average molecular weight is 437 g/mol. The number of amides is 5. The zero-order valence-corrected chi connectivity index (χ0v) is 17.5. The predicted octanol–water partition coefficient (Wildman–Crippen LogP) is 1.97. The number of benzene rings is 1. The quantitative estimate of drug-likeness (QED) is 0.512. The molecule has 4 rings (SSSR count). The van der Waals surface area contributed by atoms with Gasteiger partial charge < -0.3 is 20.9 Å². The Morgan fingerprint density at radius 2 is 1.72 bits per heavy atom. The normalized spacial score (nSPS) is 15.4. The molecule has 2 aromatic rings. The van der Waals surface area contributed by atoms with E-state index in [-0.39, 0.29) is 43.0 Å². The minimum absolute atomic E-state index is 0.00657. The Morgan fingerprint density at radius 3 is 2.34 bits per heavy atom. The van der Waals surface area contributed by atoms with Crippen molar-refractivity contribution in [1.29, 1.82) is 0 Å². The summed E-state index contributed by atoms with van der Waals surface area (Å²) in [6.07, 6.45) is 2.01. The van der Waals surface area contributed by atoms with E-state index in [1.54, 1.807) is 31.2 Å². The van der Waals surface area contributed by atoms with E-state index in [2.05, 4.69) is 20.9 Å². The molecule has 0 atom stereocenters. The van der Waals surface area contributed by atoms with Gasteiger partial charge in [-0.05, 0) is 49.6 Å². The minimum atomic E-state index is -0.495. The molecule has 2 heterocycles. The van der Waals surface area contributed by atoms with Crippen LogP contribution in [0.2, 0.25) is 0 Å². The second-order valence-electron chi connectivity index (χ2n) is 7.79. The van der Waals surface area contributed by atoms with E-state index in [9.17, 15) is 24.0 Å². The van der Waals surface area contributed by atoms with Gasteiger partial charge in [0.2, 0.25) is 11.8 Å². The molecule has 0 unspecified atom stereocenters. The number of Topliss-reactive ketones (excluding diaryl/α,β-unsaturated/α-hetero) is 1. The van der Waals surface area contributed by atoms with Crippen LogP contribution in [0.5, 0.6) is 0 Å². The number of imide groups is 1. The highest BCUT2D eigenvalue weighted by Gasteiger charge is 2.28. The van der Waals surface area contributed by atoms with E-state index in [0.717, 1.165) is 23.4 Å². The summed E-state index contributed by atoms with van der Waals surface area (Å²) in [6.45, 7) is 1.73. The molecular formula is C22H23N5O5. The molecular weight excluding hydrogens is 414 g/mol. The first-order chi connectivity index (χ1) is 15.3. The lowest BCUT2D eigenvalue weighted by Crippen LogP contribution is -2.33. The third-order valence-corrected chi connectivity index (χ3v) is 5.59. The molecule has 4 N–H and O–H groups in total. The van der Waals surface area contributed by atoms with Gasteiger partial charge in [0.15, 0.2) is 5.78 Å². The predicted molar refractivity (Wildman–Crippen MR) is 116 cm³/mol. The van der Waals surface area contributed by atoms with Gasteiger partial charge >= 0.3 is 6.03 Å². The highest BCUT2D eigenvalue weighted by Crippen LogP contribution is 2.27. The number of carbonyl (C=O) groups is 5. The van der Waals surface area contributed by atoms with E-state index in [1.165, 1.54) is 0 Å². The van der Waals surface area contributed by atoms with E-state index in [4.69, 9.17) is 0 Å². The lowest BCUT2D eigenvalue weighted by Gasteiger charge is -2.12. The van der Waals surface area contributed by atoms with Crippen LogP contribution in [0.1, 0.15) is 51.4 Å². The van der Waals surface area contributed by atoms with E-state index >= 15 is 0 Å². The second-order valence-corrected chi connectivity index (χ2v) is 7.79. The molecule has 1 aliphatic heterocycles. The Balaban J connectivity index is 1.33. The van der Waals surface area contributed by atoms with Gasteiger partial charge in [0, 0.05) is 42.0 Å². The van der Waals surface area contributed by atoms with Gasteiger partial charge in [-0.1, -0.05) is 0 Å². The zero-order valence-electron chi connectivity index (χ0n) is 17.5. The Labute approximate surface area is 183 Å². The van der Waals surface area contributed by atoms with Gasteiger partial charge in [0.25, 0.3) is 5.91 Å². The average Bonchev–Trinajstić information content (AvgIpc) is 3.27. The van der Waals surface area contributed by atoms with Crippen molar-refractivity contribution < 1.29 is 24.0 Å². The third-order valence-electron chi connectivity index (χ3n) is 5.59. The van der Waals surface area contributed by atoms with Gasteiger partial charge in [-0.3, -0.25) is 24.1 Å². The molecule has 0 radical (unpaired) electrons. The van der Waals surface area contributed by atoms with Gasteiger partial charge in [-0.25, -0.2) is 4.79 Å². The molecule has 1 fully saturated rings.